The van der Waals surface area contributed by atoms with Crippen LogP contribution in [-0.4, -0.2) is 19.8 Å². The molecule has 0 radical (unpaired) electrons. The first-order valence-electron chi connectivity index (χ1n) is 7.74. The van der Waals surface area contributed by atoms with Crippen LogP contribution >= 0.6 is 11.3 Å². The van der Waals surface area contributed by atoms with Gasteiger partial charge in [-0.05, 0) is 31.5 Å². The van der Waals surface area contributed by atoms with E-state index in [0.717, 1.165) is 33.5 Å². The fraction of sp³-hybridized carbons (Fsp3) is 0.235. The molecule has 3 heterocycles. The van der Waals surface area contributed by atoms with Crippen molar-refractivity contribution >= 4 is 16.3 Å². The molecule has 0 spiro atoms. The van der Waals surface area contributed by atoms with Gasteiger partial charge in [-0.25, -0.2) is 0 Å². The zero-order valence-corrected chi connectivity index (χ0v) is 14.2. The topological polar surface area (TPSA) is 65.5 Å². The normalized spacial score (nSPS) is 12.6. The highest BCUT2D eigenvalue weighted by molar-refractivity contribution is 7.16. The van der Waals surface area contributed by atoms with E-state index >= 15 is 0 Å². The molecule has 0 aliphatic heterocycles. The molecule has 1 aromatic carbocycles. The quantitative estimate of drug-likeness (QED) is 0.542. The third-order valence-corrected chi connectivity index (χ3v) is 4.76. The molecule has 0 unspecified atom stereocenters. The molecular weight excluding hydrogens is 324 g/mol. The van der Waals surface area contributed by atoms with Crippen molar-refractivity contribution in [3.8, 4) is 17.1 Å². The molecule has 0 N–H and O–H groups in total. The molecule has 122 valence electrons. The summed E-state index contributed by atoms with van der Waals surface area (Å²) in [7, 11) is 0. The predicted octanol–water partition coefficient (Wildman–Crippen LogP) is 4.28. The first-order chi connectivity index (χ1) is 11.8. The van der Waals surface area contributed by atoms with Crippen molar-refractivity contribution in [3.63, 3.8) is 0 Å². The molecule has 0 saturated carbocycles. The summed E-state index contributed by atoms with van der Waals surface area (Å²) in [5.74, 6) is 2.32. The molecule has 0 aliphatic carbocycles. The number of furan rings is 1. The van der Waals surface area contributed by atoms with Gasteiger partial charge in [-0.2, -0.15) is 9.61 Å². The average molecular weight is 340 g/mol. The Bertz CT molecular complexity index is 957. The monoisotopic (exact) mass is 340 g/mol. The number of benzene rings is 1. The summed E-state index contributed by atoms with van der Waals surface area (Å²) < 4.78 is 13.2. The first kappa shape index (κ1) is 14.9. The Kier molecular flexibility index (Phi) is 3.78. The lowest BCUT2D eigenvalue weighted by atomic mass is 10.2. The van der Waals surface area contributed by atoms with Gasteiger partial charge in [0.1, 0.15) is 11.5 Å². The van der Waals surface area contributed by atoms with Gasteiger partial charge >= 0.3 is 0 Å². The van der Waals surface area contributed by atoms with Crippen LogP contribution in [0.3, 0.4) is 0 Å². The van der Waals surface area contributed by atoms with Gasteiger partial charge in [0.05, 0.1) is 11.8 Å². The number of hydrogen-bond donors (Lipinski definition) is 0. The summed E-state index contributed by atoms with van der Waals surface area (Å²) in [6.07, 6.45) is 2.35. The van der Waals surface area contributed by atoms with Gasteiger partial charge in [-0.1, -0.05) is 36.5 Å². The molecule has 24 heavy (non-hydrogen) atoms. The molecule has 0 saturated heterocycles. The molecule has 6 nitrogen and oxygen atoms in total. The van der Waals surface area contributed by atoms with Crippen LogP contribution in [0.1, 0.15) is 30.2 Å². The number of aryl methyl sites for hydroxylation is 1. The average Bonchev–Trinajstić information content (AvgIpc) is 3.29. The van der Waals surface area contributed by atoms with Crippen LogP contribution in [0.4, 0.5) is 0 Å². The molecule has 1 atom stereocenters. The summed E-state index contributed by atoms with van der Waals surface area (Å²) in [4.78, 5) is 0.746. The van der Waals surface area contributed by atoms with Gasteiger partial charge in [0.2, 0.25) is 4.96 Å². The SMILES string of the molecule is CC[C@@H](Oc1ccccc1)c1nn2c(-c3ccoc3C)nnc2s1. The van der Waals surface area contributed by atoms with Crippen molar-refractivity contribution in [2.75, 3.05) is 0 Å². The van der Waals surface area contributed by atoms with Gasteiger partial charge in [0.25, 0.3) is 0 Å². The summed E-state index contributed by atoms with van der Waals surface area (Å²) in [5, 5.41) is 14.0. The van der Waals surface area contributed by atoms with Gasteiger partial charge < -0.3 is 9.15 Å². The largest absolute Gasteiger partial charge is 0.483 e. The summed E-state index contributed by atoms with van der Waals surface area (Å²) >= 11 is 1.50. The molecule has 0 bridgehead atoms. The maximum absolute atomic E-state index is 6.07. The second kappa shape index (κ2) is 6.09. The van der Waals surface area contributed by atoms with Crippen molar-refractivity contribution in [1.29, 1.82) is 0 Å². The van der Waals surface area contributed by atoms with Crippen LogP contribution in [-0.2, 0) is 0 Å². The van der Waals surface area contributed by atoms with Crippen LogP contribution in [0, 0.1) is 6.92 Å². The Hall–Kier alpha value is -2.67. The van der Waals surface area contributed by atoms with Crippen LogP contribution < -0.4 is 4.74 Å². The second-order valence-corrected chi connectivity index (χ2v) is 6.36. The maximum Gasteiger partial charge on any atom is 0.235 e. The number of hydrogen-bond acceptors (Lipinski definition) is 6. The summed E-state index contributed by atoms with van der Waals surface area (Å²) in [5.41, 5.74) is 0.899. The number of ether oxygens (including phenoxy) is 1. The lowest BCUT2D eigenvalue weighted by Gasteiger charge is -2.14. The van der Waals surface area contributed by atoms with Crippen molar-refractivity contribution in [2.45, 2.75) is 26.4 Å². The van der Waals surface area contributed by atoms with Gasteiger partial charge in [-0.15, -0.1) is 10.2 Å². The predicted molar refractivity (Wildman–Crippen MR) is 91.2 cm³/mol. The molecule has 0 amide bonds. The van der Waals surface area contributed by atoms with E-state index in [-0.39, 0.29) is 6.10 Å². The molecule has 0 aliphatic rings. The van der Waals surface area contributed by atoms with Crippen LogP contribution in [0.25, 0.3) is 16.3 Å². The minimum Gasteiger partial charge on any atom is -0.483 e. The Balaban J connectivity index is 1.69. The van der Waals surface area contributed by atoms with E-state index in [0.29, 0.717) is 5.82 Å². The fourth-order valence-corrected chi connectivity index (χ4v) is 3.47. The van der Waals surface area contributed by atoms with Crippen molar-refractivity contribution in [1.82, 2.24) is 19.8 Å². The molecule has 4 aromatic rings. The zero-order valence-electron chi connectivity index (χ0n) is 13.3. The minimum absolute atomic E-state index is 0.114. The van der Waals surface area contributed by atoms with E-state index in [1.165, 1.54) is 11.3 Å². The van der Waals surface area contributed by atoms with Crippen LogP contribution in [0.2, 0.25) is 0 Å². The molecule has 7 heteroatoms. The van der Waals surface area contributed by atoms with Gasteiger partial charge in [-0.3, -0.25) is 0 Å². The first-order valence-corrected chi connectivity index (χ1v) is 8.56. The van der Waals surface area contributed by atoms with E-state index in [1.807, 2.05) is 43.3 Å². The van der Waals surface area contributed by atoms with Crippen LogP contribution in [0.5, 0.6) is 5.75 Å². The number of fused-ring (bicyclic) bond motifs is 1. The standard InChI is InChI=1S/C17H16N4O2S/c1-3-14(23-12-7-5-4-6-8-12)16-20-21-15(18-19-17(21)24-16)13-9-10-22-11(13)2/h4-10,14H,3H2,1-2H3/t14-/m1/s1. The van der Waals surface area contributed by atoms with Gasteiger partial charge in [0.15, 0.2) is 16.9 Å². The van der Waals surface area contributed by atoms with E-state index in [4.69, 9.17) is 9.15 Å². The number of aromatic nitrogens is 4. The van der Waals surface area contributed by atoms with E-state index in [9.17, 15) is 0 Å². The van der Waals surface area contributed by atoms with Crippen molar-refractivity contribution in [2.24, 2.45) is 0 Å². The summed E-state index contributed by atoms with van der Waals surface area (Å²) in [6.45, 7) is 3.98. The lowest BCUT2D eigenvalue weighted by Crippen LogP contribution is -2.07. The third kappa shape index (κ3) is 2.56. The minimum atomic E-state index is -0.114. The highest BCUT2D eigenvalue weighted by Gasteiger charge is 2.21. The molecule has 3 aromatic heterocycles. The number of rotatable bonds is 5. The van der Waals surface area contributed by atoms with E-state index < -0.39 is 0 Å². The Labute approximate surface area is 142 Å². The zero-order chi connectivity index (χ0) is 16.5. The number of para-hydroxylation sites is 1. The highest BCUT2D eigenvalue weighted by Crippen LogP contribution is 2.30. The number of nitrogens with zero attached hydrogens (tertiary/aromatic N) is 4. The van der Waals surface area contributed by atoms with E-state index in [2.05, 4.69) is 22.2 Å². The van der Waals surface area contributed by atoms with Crippen LogP contribution in [0.15, 0.2) is 47.1 Å². The Morgan fingerprint density at radius 3 is 2.75 bits per heavy atom. The Morgan fingerprint density at radius 1 is 1.21 bits per heavy atom. The van der Waals surface area contributed by atoms with E-state index in [1.54, 1.807) is 10.8 Å². The Morgan fingerprint density at radius 2 is 2.04 bits per heavy atom. The summed E-state index contributed by atoms with van der Waals surface area (Å²) in [6, 6.07) is 11.7. The van der Waals surface area contributed by atoms with Crippen molar-refractivity contribution in [3.05, 3.63) is 53.4 Å². The third-order valence-electron chi connectivity index (χ3n) is 3.77. The maximum atomic E-state index is 6.07. The molecular formula is C17H16N4O2S. The molecule has 0 fully saturated rings. The lowest BCUT2D eigenvalue weighted by molar-refractivity contribution is 0.199. The second-order valence-electron chi connectivity index (χ2n) is 5.38. The van der Waals surface area contributed by atoms with Gasteiger partial charge in [0, 0.05) is 0 Å². The highest BCUT2D eigenvalue weighted by atomic mass is 32.1. The fourth-order valence-electron chi connectivity index (χ4n) is 2.52. The van der Waals surface area contributed by atoms with Crippen molar-refractivity contribution < 1.29 is 9.15 Å². The molecule has 4 rings (SSSR count). The smallest absolute Gasteiger partial charge is 0.235 e.